The lowest BCUT2D eigenvalue weighted by Crippen LogP contribution is -2.26. The molecule has 2 aromatic heterocycles. The number of aromatic amines is 1. The highest BCUT2D eigenvalue weighted by molar-refractivity contribution is 7.99. The summed E-state index contributed by atoms with van der Waals surface area (Å²) in [5.41, 5.74) is 2.92. The van der Waals surface area contributed by atoms with Gasteiger partial charge in [0.15, 0.2) is 0 Å². The number of benzene rings is 1. The van der Waals surface area contributed by atoms with E-state index in [4.69, 9.17) is 0 Å². The number of H-pyrrole nitrogens is 1. The van der Waals surface area contributed by atoms with E-state index in [-0.39, 0.29) is 23.7 Å². The van der Waals surface area contributed by atoms with E-state index in [1.165, 1.54) is 12.1 Å². The first kappa shape index (κ1) is 21.1. The molecule has 29 heavy (non-hydrogen) atoms. The number of thioether (sulfide) groups is 1. The highest BCUT2D eigenvalue weighted by Crippen LogP contribution is 2.21. The minimum absolute atomic E-state index is 0.0708. The number of hydrogen-bond acceptors (Lipinski definition) is 4. The molecule has 1 aromatic carbocycles. The number of carbonyl (C=O) groups is 1. The SMILES string of the molecule is Cc1nn(C)c2[nH]c(=O)c(CCC(=O)NCCCSc3ccc(F)cc3)c(C)c12. The van der Waals surface area contributed by atoms with Gasteiger partial charge in [0.05, 0.1) is 5.69 Å². The van der Waals surface area contributed by atoms with Crippen molar-refractivity contribution in [2.24, 2.45) is 7.05 Å². The fraction of sp³-hybridized carbons (Fsp3) is 0.381. The van der Waals surface area contributed by atoms with Gasteiger partial charge in [0, 0.05) is 35.9 Å². The van der Waals surface area contributed by atoms with Gasteiger partial charge in [-0.25, -0.2) is 4.39 Å². The molecule has 0 aliphatic rings. The summed E-state index contributed by atoms with van der Waals surface area (Å²) in [5.74, 6) is 0.522. The van der Waals surface area contributed by atoms with E-state index >= 15 is 0 Å². The van der Waals surface area contributed by atoms with Crippen molar-refractivity contribution in [1.29, 1.82) is 0 Å². The third-order valence-corrected chi connectivity index (χ3v) is 5.98. The first-order chi connectivity index (χ1) is 13.9. The number of aryl methyl sites for hydroxylation is 3. The molecular formula is C21H25FN4O2S. The zero-order chi connectivity index (χ0) is 21.0. The normalized spacial score (nSPS) is 11.2. The highest BCUT2D eigenvalue weighted by atomic mass is 32.2. The van der Waals surface area contributed by atoms with Crippen molar-refractivity contribution < 1.29 is 9.18 Å². The van der Waals surface area contributed by atoms with Crippen molar-refractivity contribution >= 4 is 28.7 Å². The summed E-state index contributed by atoms with van der Waals surface area (Å²) in [6.45, 7) is 4.39. The second-order valence-corrected chi connectivity index (χ2v) is 8.16. The molecule has 0 aliphatic heterocycles. The van der Waals surface area contributed by atoms with E-state index in [1.807, 2.05) is 13.8 Å². The monoisotopic (exact) mass is 416 g/mol. The number of amides is 1. The van der Waals surface area contributed by atoms with Gasteiger partial charge in [-0.2, -0.15) is 5.10 Å². The van der Waals surface area contributed by atoms with E-state index in [1.54, 1.807) is 35.6 Å². The number of halogens is 1. The van der Waals surface area contributed by atoms with Crippen LogP contribution in [-0.4, -0.2) is 33.0 Å². The predicted molar refractivity (Wildman–Crippen MR) is 114 cm³/mol. The van der Waals surface area contributed by atoms with E-state index in [0.29, 0.717) is 24.2 Å². The van der Waals surface area contributed by atoms with Crippen LogP contribution in [0.2, 0.25) is 0 Å². The van der Waals surface area contributed by atoms with E-state index in [0.717, 1.165) is 33.7 Å². The zero-order valence-corrected chi connectivity index (χ0v) is 17.7. The first-order valence-corrected chi connectivity index (χ1v) is 10.6. The van der Waals surface area contributed by atoms with Crippen molar-refractivity contribution in [1.82, 2.24) is 20.1 Å². The number of carbonyl (C=O) groups excluding carboxylic acids is 1. The second-order valence-electron chi connectivity index (χ2n) is 7.00. The molecule has 0 unspecified atom stereocenters. The lowest BCUT2D eigenvalue weighted by molar-refractivity contribution is -0.121. The van der Waals surface area contributed by atoms with Crippen LogP contribution < -0.4 is 10.9 Å². The van der Waals surface area contributed by atoms with Gasteiger partial charge in [0.25, 0.3) is 5.56 Å². The quantitative estimate of drug-likeness (QED) is 0.436. The maximum Gasteiger partial charge on any atom is 0.253 e. The molecule has 3 rings (SSSR count). The van der Waals surface area contributed by atoms with Gasteiger partial charge in [-0.15, -0.1) is 11.8 Å². The number of hydrogen-bond donors (Lipinski definition) is 2. The first-order valence-electron chi connectivity index (χ1n) is 9.57. The fourth-order valence-electron chi connectivity index (χ4n) is 3.40. The third-order valence-electron chi connectivity index (χ3n) is 4.88. The summed E-state index contributed by atoms with van der Waals surface area (Å²) >= 11 is 1.63. The maximum absolute atomic E-state index is 12.9. The van der Waals surface area contributed by atoms with Crippen LogP contribution >= 0.6 is 11.8 Å². The second kappa shape index (κ2) is 9.26. The molecule has 0 fully saturated rings. The van der Waals surface area contributed by atoms with Crippen molar-refractivity contribution in [3.8, 4) is 0 Å². The molecule has 8 heteroatoms. The van der Waals surface area contributed by atoms with Crippen LogP contribution in [0.25, 0.3) is 11.0 Å². The lowest BCUT2D eigenvalue weighted by atomic mass is 10.0. The van der Waals surface area contributed by atoms with Crippen LogP contribution in [0.15, 0.2) is 34.0 Å². The van der Waals surface area contributed by atoms with Gasteiger partial charge in [0.1, 0.15) is 11.5 Å². The van der Waals surface area contributed by atoms with Crippen LogP contribution in [0.3, 0.4) is 0 Å². The Morgan fingerprint density at radius 3 is 2.72 bits per heavy atom. The number of pyridine rings is 1. The summed E-state index contributed by atoms with van der Waals surface area (Å²) in [6.07, 6.45) is 1.47. The number of fused-ring (bicyclic) bond motifs is 1. The van der Waals surface area contributed by atoms with E-state index in [9.17, 15) is 14.0 Å². The number of aromatic nitrogens is 3. The standard InChI is InChI=1S/C21H25FN4O2S/c1-13-17(21(28)24-20-19(13)14(2)25-26(20)3)9-10-18(27)23-11-4-12-29-16-7-5-15(22)6-8-16/h5-8H,4,9-12H2,1-3H3,(H,23,27)(H,24,28). The van der Waals surface area contributed by atoms with Crippen LogP contribution in [-0.2, 0) is 18.3 Å². The molecule has 0 spiro atoms. The molecule has 154 valence electrons. The topological polar surface area (TPSA) is 79.8 Å². The molecule has 2 heterocycles. The Hall–Kier alpha value is -2.61. The van der Waals surface area contributed by atoms with Gasteiger partial charge in [-0.1, -0.05) is 0 Å². The zero-order valence-electron chi connectivity index (χ0n) is 16.8. The molecule has 0 atom stereocenters. The molecule has 0 aliphatic carbocycles. The largest absolute Gasteiger partial charge is 0.356 e. The molecular weight excluding hydrogens is 391 g/mol. The Bertz CT molecular complexity index is 1070. The van der Waals surface area contributed by atoms with Crippen molar-refractivity contribution in [3.05, 3.63) is 57.3 Å². The van der Waals surface area contributed by atoms with Gasteiger partial charge in [-0.05, 0) is 62.3 Å². The van der Waals surface area contributed by atoms with Crippen molar-refractivity contribution in [2.75, 3.05) is 12.3 Å². The smallest absolute Gasteiger partial charge is 0.253 e. The lowest BCUT2D eigenvalue weighted by Gasteiger charge is -2.08. The van der Waals surface area contributed by atoms with E-state index in [2.05, 4.69) is 15.4 Å². The Morgan fingerprint density at radius 1 is 1.28 bits per heavy atom. The van der Waals surface area contributed by atoms with Crippen LogP contribution in [0.4, 0.5) is 4.39 Å². The van der Waals surface area contributed by atoms with Crippen molar-refractivity contribution in [3.63, 3.8) is 0 Å². The van der Waals surface area contributed by atoms with Crippen molar-refractivity contribution in [2.45, 2.75) is 38.0 Å². The molecule has 0 radical (unpaired) electrons. The molecule has 6 nitrogen and oxygen atoms in total. The fourth-order valence-corrected chi connectivity index (χ4v) is 4.26. The molecule has 1 amide bonds. The number of rotatable bonds is 8. The predicted octanol–water partition coefficient (Wildman–Crippen LogP) is 3.25. The van der Waals surface area contributed by atoms with Gasteiger partial charge < -0.3 is 10.3 Å². The summed E-state index contributed by atoms with van der Waals surface area (Å²) in [5, 5.41) is 8.20. The van der Waals surface area contributed by atoms with Crippen LogP contribution in [0.1, 0.15) is 29.7 Å². The molecule has 0 saturated heterocycles. The number of nitrogens with zero attached hydrogens (tertiary/aromatic N) is 2. The number of nitrogens with one attached hydrogen (secondary N) is 2. The minimum atomic E-state index is -0.242. The summed E-state index contributed by atoms with van der Waals surface area (Å²) < 4.78 is 14.5. The van der Waals surface area contributed by atoms with E-state index < -0.39 is 0 Å². The third kappa shape index (κ3) is 5.06. The van der Waals surface area contributed by atoms with Crippen LogP contribution in [0.5, 0.6) is 0 Å². The van der Waals surface area contributed by atoms with Gasteiger partial charge >= 0.3 is 0 Å². The molecule has 0 saturated carbocycles. The van der Waals surface area contributed by atoms with Gasteiger partial charge in [0.2, 0.25) is 5.91 Å². The summed E-state index contributed by atoms with van der Waals surface area (Å²) in [6, 6.07) is 6.38. The molecule has 0 bridgehead atoms. The Kier molecular flexibility index (Phi) is 6.74. The molecule has 3 aromatic rings. The minimum Gasteiger partial charge on any atom is -0.356 e. The summed E-state index contributed by atoms with van der Waals surface area (Å²) in [7, 11) is 1.80. The Labute approximate surface area is 172 Å². The Balaban J connectivity index is 1.47. The molecule has 2 N–H and O–H groups in total. The Morgan fingerprint density at radius 2 is 2.00 bits per heavy atom. The van der Waals surface area contributed by atoms with Crippen LogP contribution in [0, 0.1) is 19.7 Å². The maximum atomic E-state index is 12.9. The average Bonchev–Trinajstić information content (AvgIpc) is 2.96. The average molecular weight is 417 g/mol. The summed E-state index contributed by atoms with van der Waals surface area (Å²) in [4.78, 5) is 28.5. The highest BCUT2D eigenvalue weighted by Gasteiger charge is 2.15. The van der Waals surface area contributed by atoms with Gasteiger partial charge in [-0.3, -0.25) is 14.3 Å².